The van der Waals surface area contributed by atoms with Gasteiger partial charge in [0.1, 0.15) is 5.82 Å². The number of aliphatic hydroxyl groups excluding tert-OH is 1. The molecule has 0 aliphatic rings. The fraction of sp³-hybridized carbons (Fsp3) is 0.111. The standard InChI is InChI=1S/C18H14ClFO/c19-16-7-3-6-15(18(16)20)17(21)11-12-8-9-13-4-1-2-5-14(13)10-12/h1-10,17,21H,11H2. The van der Waals surface area contributed by atoms with Gasteiger partial charge in [0.15, 0.2) is 0 Å². The zero-order chi connectivity index (χ0) is 14.8. The van der Waals surface area contributed by atoms with Gasteiger partial charge in [-0.15, -0.1) is 0 Å². The lowest BCUT2D eigenvalue weighted by atomic mass is 9.99. The Morgan fingerprint density at radius 1 is 0.952 bits per heavy atom. The average Bonchev–Trinajstić information content (AvgIpc) is 2.50. The molecule has 0 heterocycles. The van der Waals surface area contributed by atoms with E-state index in [1.54, 1.807) is 12.1 Å². The fourth-order valence-electron chi connectivity index (χ4n) is 2.48. The second-order valence-corrected chi connectivity index (χ2v) is 5.45. The third-order valence-electron chi connectivity index (χ3n) is 3.58. The van der Waals surface area contributed by atoms with Crippen molar-refractivity contribution in [1.82, 2.24) is 0 Å². The number of benzene rings is 3. The van der Waals surface area contributed by atoms with E-state index in [4.69, 9.17) is 11.6 Å². The molecular weight excluding hydrogens is 287 g/mol. The summed E-state index contributed by atoms with van der Waals surface area (Å²) >= 11 is 5.75. The highest BCUT2D eigenvalue weighted by atomic mass is 35.5. The molecule has 21 heavy (non-hydrogen) atoms. The highest BCUT2D eigenvalue weighted by molar-refractivity contribution is 6.30. The molecule has 3 aromatic rings. The quantitative estimate of drug-likeness (QED) is 0.729. The van der Waals surface area contributed by atoms with Crippen molar-refractivity contribution in [1.29, 1.82) is 0 Å². The van der Waals surface area contributed by atoms with Crippen LogP contribution in [0.3, 0.4) is 0 Å². The van der Waals surface area contributed by atoms with Gasteiger partial charge in [0.25, 0.3) is 0 Å². The minimum Gasteiger partial charge on any atom is -0.388 e. The van der Waals surface area contributed by atoms with Crippen LogP contribution in [0, 0.1) is 5.82 Å². The zero-order valence-electron chi connectivity index (χ0n) is 11.3. The lowest BCUT2D eigenvalue weighted by Gasteiger charge is -2.13. The minimum atomic E-state index is -0.912. The van der Waals surface area contributed by atoms with E-state index in [1.807, 2.05) is 42.5 Å². The molecule has 0 amide bonds. The highest BCUT2D eigenvalue weighted by Gasteiger charge is 2.15. The molecular formula is C18H14ClFO. The van der Waals surface area contributed by atoms with Crippen LogP contribution in [0.25, 0.3) is 10.8 Å². The number of rotatable bonds is 3. The van der Waals surface area contributed by atoms with Crippen LogP contribution in [0.2, 0.25) is 5.02 Å². The van der Waals surface area contributed by atoms with E-state index >= 15 is 0 Å². The van der Waals surface area contributed by atoms with Crippen molar-refractivity contribution in [3.8, 4) is 0 Å². The van der Waals surface area contributed by atoms with Crippen molar-refractivity contribution in [2.24, 2.45) is 0 Å². The van der Waals surface area contributed by atoms with Crippen LogP contribution in [-0.2, 0) is 6.42 Å². The molecule has 3 rings (SSSR count). The molecule has 0 saturated carbocycles. The third-order valence-corrected chi connectivity index (χ3v) is 3.88. The van der Waals surface area contributed by atoms with E-state index in [2.05, 4.69) is 0 Å². The SMILES string of the molecule is OC(Cc1ccc2ccccc2c1)c1cccc(Cl)c1F. The van der Waals surface area contributed by atoms with E-state index in [9.17, 15) is 9.50 Å². The summed E-state index contributed by atoms with van der Waals surface area (Å²) in [6.07, 6.45) is -0.563. The molecule has 3 heteroatoms. The topological polar surface area (TPSA) is 20.2 Å². The van der Waals surface area contributed by atoms with Crippen molar-refractivity contribution >= 4 is 22.4 Å². The van der Waals surface area contributed by atoms with E-state index in [-0.39, 0.29) is 10.6 Å². The van der Waals surface area contributed by atoms with E-state index in [0.29, 0.717) is 6.42 Å². The normalized spacial score (nSPS) is 12.5. The Morgan fingerprint density at radius 3 is 2.52 bits per heavy atom. The predicted molar refractivity (Wildman–Crippen MR) is 84.0 cm³/mol. The van der Waals surface area contributed by atoms with Crippen molar-refractivity contribution in [3.63, 3.8) is 0 Å². The van der Waals surface area contributed by atoms with Gasteiger partial charge >= 0.3 is 0 Å². The first kappa shape index (κ1) is 14.1. The Kier molecular flexibility index (Phi) is 3.91. The minimum absolute atomic E-state index is 0.0325. The Hall–Kier alpha value is -1.90. The molecule has 0 aliphatic carbocycles. The summed E-state index contributed by atoms with van der Waals surface area (Å²) < 4.78 is 13.9. The van der Waals surface area contributed by atoms with Crippen LogP contribution in [0.15, 0.2) is 60.7 Å². The summed E-state index contributed by atoms with van der Waals surface area (Å²) in [6.45, 7) is 0. The Balaban J connectivity index is 1.89. The maximum atomic E-state index is 13.9. The Labute approximate surface area is 127 Å². The van der Waals surface area contributed by atoms with Crippen molar-refractivity contribution in [2.75, 3.05) is 0 Å². The maximum absolute atomic E-state index is 13.9. The number of fused-ring (bicyclic) bond motifs is 1. The smallest absolute Gasteiger partial charge is 0.147 e. The van der Waals surface area contributed by atoms with Crippen LogP contribution < -0.4 is 0 Å². The first-order valence-electron chi connectivity index (χ1n) is 6.75. The van der Waals surface area contributed by atoms with Gasteiger partial charge in [0.05, 0.1) is 11.1 Å². The predicted octanol–water partition coefficient (Wildman–Crippen LogP) is 4.91. The van der Waals surface area contributed by atoms with Gasteiger partial charge in [-0.1, -0.05) is 66.2 Å². The van der Waals surface area contributed by atoms with Crippen LogP contribution in [-0.4, -0.2) is 5.11 Å². The van der Waals surface area contributed by atoms with Crippen LogP contribution in [0.1, 0.15) is 17.2 Å². The lowest BCUT2D eigenvalue weighted by Crippen LogP contribution is -2.04. The summed E-state index contributed by atoms with van der Waals surface area (Å²) in [4.78, 5) is 0. The van der Waals surface area contributed by atoms with Crippen LogP contribution in [0.4, 0.5) is 4.39 Å². The highest BCUT2D eigenvalue weighted by Crippen LogP contribution is 2.26. The molecule has 0 aliphatic heterocycles. The molecule has 1 N–H and O–H groups in total. The average molecular weight is 301 g/mol. The molecule has 0 saturated heterocycles. The molecule has 3 aromatic carbocycles. The van der Waals surface area contributed by atoms with Crippen LogP contribution in [0.5, 0.6) is 0 Å². The van der Waals surface area contributed by atoms with E-state index in [0.717, 1.165) is 16.3 Å². The monoisotopic (exact) mass is 300 g/mol. The van der Waals surface area contributed by atoms with Gasteiger partial charge < -0.3 is 5.11 Å². The molecule has 1 unspecified atom stereocenters. The first-order valence-corrected chi connectivity index (χ1v) is 7.12. The van der Waals surface area contributed by atoms with Gasteiger partial charge in [-0.05, 0) is 22.4 Å². The summed E-state index contributed by atoms with van der Waals surface area (Å²) in [5.41, 5.74) is 1.19. The van der Waals surface area contributed by atoms with Crippen LogP contribution >= 0.6 is 11.6 Å². The molecule has 0 fully saturated rings. The summed E-state index contributed by atoms with van der Waals surface area (Å²) in [7, 11) is 0. The van der Waals surface area contributed by atoms with Gasteiger partial charge in [0, 0.05) is 12.0 Å². The molecule has 0 aromatic heterocycles. The molecule has 1 atom stereocenters. The zero-order valence-corrected chi connectivity index (χ0v) is 12.0. The Morgan fingerprint density at radius 2 is 1.71 bits per heavy atom. The van der Waals surface area contributed by atoms with Crippen molar-refractivity contribution in [2.45, 2.75) is 12.5 Å². The number of halogens is 2. The maximum Gasteiger partial charge on any atom is 0.147 e. The fourth-order valence-corrected chi connectivity index (χ4v) is 2.66. The number of hydrogen-bond acceptors (Lipinski definition) is 1. The van der Waals surface area contributed by atoms with E-state index < -0.39 is 11.9 Å². The second-order valence-electron chi connectivity index (χ2n) is 5.04. The van der Waals surface area contributed by atoms with Crippen molar-refractivity contribution in [3.05, 3.63) is 82.6 Å². The molecule has 1 nitrogen and oxygen atoms in total. The van der Waals surface area contributed by atoms with Gasteiger partial charge in [0.2, 0.25) is 0 Å². The molecule has 0 bridgehead atoms. The number of aliphatic hydroxyl groups is 1. The largest absolute Gasteiger partial charge is 0.388 e. The van der Waals surface area contributed by atoms with E-state index in [1.165, 1.54) is 6.07 Å². The molecule has 0 spiro atoms. The Bertz CT molecular complexity index is 785. The lowest BCUT2D eigenvalue weighted by molar-refractivity contribution is 0.173. The third kappa shape index (κ3) is 2.92. The summed E-state index contributed by atoms with van der Waals surface area (Å²) in [5.74, 6) is -0.549. The summed E-state index contributed by atoms with van der Waals surface area (Å²) in [5, 5.41) is 12.5. The molecule has 0 radical (unpaired) electrons. The van der Waals surface area contributed by atoms with Gasteiger partial charge in [-0.25, -0.2) is 4.39 Å². The molecule has 106 valence electrons. The van der Waals surface area contributed by atoms with Gasteiger partial charge in [-0.2, -0.15) is 0 Å². The second kappa shape index (κ2) is 5.84. The first-order chi connectivity index (χ1) is 10.1. The number of hydrogen-bond donors (Lipinski definition) is 1. The summed E-state index contributed by atoms with van der Waals surface area (Å²) in [6, 6.07) is 18.7. The van der Waals surface area contributed by atoms with Gasteiger partial charge in [-0.3, -0.25) is 0 Å². The van der Waals surface area contributed by atoms with Crippen molar-refractivity contribution < 1.29 is 9.50 Å².